The summed E-state index contributed by atoms with van der Waals surface area (Å²) in [6.07, 6.45) is 4.91. The summed E-state index contributed by atoms with van der Waals surface area (Å²) in [5, 5.41) is 2.80. The molecule has 17 heavy (non-hydrogen) atoms. The lowest BCUT2D eigenvalue weighted by Crippen LogP contribution is -2.14. The summed E-state index contributed by atoms with van der Waals surface area (Å²) in [5.74, 6) is -0.178. The van der Waals surface area contributed by atoms with Gasteiger partial charge in [-0.15, -0.1) is 0 Å². The van der Waals surface area contributed by atoms with Crippen molar-refractivity contribution in [2.24, 2.45) is 0 Å². The van der Waals surface area contributed by atoms with Crippen LogP contribution in [-0.4, -0.2) is 15.9 Å². The quantitative estimate of drug-likeness (QED) is 0.926. The largest absolute Gasteiger partial charge is 0.321 e. The molecule has 0 aliphatic rings. The van der Waals surface area contributed by atoms with Crippen LogP contribution in [0.25, 0.3) is 0 Å². The lowest BCUT2D eigenvalue weighted by atomic mass is 10.2. The van der Waals surface area contributed by atoms with Crippen molar-refractivity contribution in [1.29, 1.82) is 0 Å². The first-order valence-corrected chi connectivity index (χ1v) is 5.80. The maximum atomic E-state index is 12.0. The van der Waals surface area contributed by atoms with Gasteiger partial charge in [0.25, 0.3) is 5.91 Å². The molecule has 0 radical (unpaired) electrons. The third-order valence-electron chi connectivity index (χ3n) is 2.27. The second kappa shape index (κ2) is 5.05. The molecule has 4 nitrogen and oxygen atoms in total. The molecule has 5 heteroatoms. The van der Waals surface area contributed by atoms with E-state index in [1.165, 1.54) is 0 Å². The Morgan fingerprint density at radius 1 is 1.35 bits per heavy atom. The Morgan fingerprint density at radius 2 is 2.18 bits per heavy atom. The van der Waals surface area contributed by atoms with Crippen LogP contribution in [0.1, 0.15) is 16.1 Å². The Kier molecular flexibility index (Phi) is 3.49. The molecular formula is C12H10BrN3O. The minimum Gasteiger partial charge on any atom is -0.321 e. The number of carbonyl (C=O) groups is 1. The van der Waals surface area contributed by atoms with Gasteiger partial charge in [-0.3, -0.25) is 14.8 Å². The molecule has 0 unspecified atom stereocenters. The standard InChI is InChI=1S/C12H10BrN3O/c1-8-9(3-2-5-15-8)12(17)16-11-4-6-14-7-10(11)13/h2-7H,1H3,(H,14,16,17). The monoisotopic (exact) mass is 291 g/mol. The summed E-state index contributed by atoms with van der Waals surface area (Å²) in [4.78, 5) is 20.0. The third-order valence-corrected chi connectivity index (χ3v) is 2.90. The van der Waals surface area contributed by atoms with Crippen LogP contribution in [0.5, 0.6) is 0 Å². The van der Waals surface area contributed by atoms with Crippen LogP contribution >= 0.6 is 15.9 Å². The summed E-state index contributed by atoms with van der Waals surface area (Å²) >= 11 is 3.32. The molecule has 2 heterocycles. The number of anilines is 1. The Labute approximate surface area is 107 Å². The van der Waals surface area contributed by atoms with Crippen molar-refractivity contribution in [2.45, 2.75) is 6.92 Å². The zero-order chi connectivity index (χ0) is 12.3. The zero-order valence-corrected chi connectivity index (χ0v) is 10.7. The van der Waals surface area contributed by atoms with Crippen LogP contribution in [0, 0.1) is 6.92 Å². The fourth-order valence-electron chi connectivity index (χ4n) is 1.39. The molecule has 0 bridgehead atoms. The lowest BCUT2D eigenvalue weighted by molar-refractivity contribution is 0.102. The average Bonchev–Trinajstić information content (AvgIpc) is 2.32. The van der Waals surface area contributed by atoms with Gasteiger partial charge in [-0.1, -0.05) is 0 Å². The molecule has 0 aliphatic heterocycles. The number of nitrogens with zero attached hydrogens (tertiary/aromatic N) is 2. The number of nitrogens with one attached hydrogen (secondary N) is 1. The van der Waals surface area contributed by atoms with Gasteiger partial charge in [-0.05, 0) is 41.1 Å². The van der Waals surface area contributed by atoms with Crippen molar-refractivity contribution in [3.63, 3.8) is 0 Å². The van der Waals surface area contributed by atoms with Gasteiger partial charge in [-0.2, -0.15) is 0 Å². The highest BCUT2D eigenvalue weighted by molar-refractivity contribution is 9.10. The van der Waals surface area contributed by atoms with Crippen molar-refractivity contribution < 1.29 is 4.79 Å². The number of amides is 1. The van der Waals surface area contributed by atoms with Gasteiger partial charge in [0.05, 0.1) is 15.7 Å². The molecule has 1 amide bonds. The lowest BCUT2D eigenvalue weighted by Gasteiger charge is -2.07. The van der Waals surface area contributed by atoms with E-state index >= 15 is 0 Å². The SMILES string of the molecule is Cc1ncccc1C(=O)Nc1ccncc1Br. The molecule has 0 atom stereocenters. The van der Waals surface area contributed by atoms with E-state index in [0.29, 0.717) is 16.9 Å². The fourth-order valence-corrected chi connectivity index (χ4v) is 1.74. The van der Waals surface area contributed by atoms with E-state index in [0.717, 1.165) is 4.47 Å². The van der Waals surface area contributed by atoms with Crippen LogP contribution in [0.2, 0.25) is 0 Å². The van der Waals surface area contributed by atoms with Crippen molar-refractivity contribution in [3.8, 4) is 0 Å². The summed E-state index contributed by atoms with van der Waals surface area (Å²) in [6.45, 7) is 1.80. The first-order chi connectivity index (χ1) is 8.18. The molecule has 0 spiro atoms. The second-order valence-electron chi connectivity index (χ2n) is 3.45. The number of carbonyl (C=O) groups excluding carboxylic acids is 1. The van der Waals surface area contributed by atoms with Crippen molar-refractivity contribution in [1.82, 2.24) is 9.97 Å². The van der Waals surface area contributed by atoms with Crippen molar-refractivity contribution in [3.05, 3.63) is 52.5 Å². The number of hydrogen-bond donors (Lipinski definition) is 1. The Morgan fingerprint density at radius 3 is 2.88 bits per heavy atom. The van der Waals surface area contributed by atoms with Gasteiger partial charge in [0.15, 0.2) is 0 Å². The summed E-state index contributed by atoms with van der Waals surface area (Å²) < 4.78 is 0.745. The minimum atomic E-state index is -0.178. The Bertz CT molecular complexity index is 557. The van der Waals surface area contributed by atoms with E-state index in [9.17, 15) is 4.79 Å². The van der Waals surface area contributed by atoms with E-state index in [1.54, 1.807) is 43.7 Å². The Balaban J connectivity index is 2.24. The first kappa shape index (κ1) is 11.7. The van der Waals surface area contributed by atoms with Crippen LogP contribution < -0.4 is 5.32 Å². The summed E-state index contributed by atoms with van der Waals surface area (Å²) in [5.41, 5.74) is 1.96. The predicted octanol–water partition coefficient (Wildman–Crippen LogP) is 2.80. The van der Waals surface area contributed by atoms with Crippen LogP contribution in [0.15, 0.2) is 41.3 Å². The van der Waals surface area contributed by atoms with E-state index in [-0.39, 0.29) is 5.91 Å². The molecule has 0 aromatic carbocycles. The number of aromatic nitrogens is 2. The molecule has 0 saturated carbocycles. The third kappa shape index (κ3) is 2.68. The normalized spacial score (nSPS) is 10.0. The van der Waals surface area contributed by atoms with Gasteiger partial charge in [0.2, 0.25) is 0 Å². The van der Waals surface area contributed by atoms with Gasteiger partial charge in [0.1, 0.15) is 0 Å². The number of aryl methyl sites for hydroxylation is 1. The van der Waals surface area contributed by atoms with E-state index < -0.39 is 0 Å². The highest BCUT2D eigenvalue weighted by Gasteiger charge is 2.10. The van der Waals surface area contributed by atoms with E-state index in [2.05, 4.69) is 31.2 Å². The first-order valence-electron chi connectivity index (χ1n) is 5.01. The molecule has 86 valence electrons. The maximum Gasteiger partial charge on any atom is 0.257 e. The minimum absolute atomic E-state index is 0.178. The molecule has 2 aromatic rings. The topological polar surface area (TPSA) is 54.9 Å². The van der Waals surface area contributed by atoms with Gasteiger partial charge >= 0.3 is 0 Å². The predicted molar refractivity (Wildman–Crippen MR) is 68.9 cm³/mol. The number of pyridine rings is 2. The van der Waals surface area contributed by atoms with Gasteiger partial charge in [0, 0.05) is 24.3 Å². The molecule has 0 fully saturated rings. The fraction of sp³-hybridized carbons (Fsp3) is 0.0833. The van der Waals surface area contributed by atoms with E-state index in [4.69, 9.17) is 0 Å². The summed E-state index contributed by atoms with van der Waals surface area (Å²) in [7, 11) is 0. The zero-order valence-electron chi connectivity index (χ0n) is 9.14. The molecule has 1 N–H and O–H groups in total. The Hall–Kier alpha value is -1.75. The molecule has 2 aromatic heterocycles. The molecule has 0 saturated heterocycles. The number of rotatable bonds is 2. The number of halogens is 1. The average molecular weight is 292 g/mol. The van der Waals surface area contributed by atoms with Crippen molar-refractivity contribution >= 4 is 27.5 Å². The summed E-state index contributed by atoms with van der Waals surface area (Å²) in [6, 6.07) is 5.21. The molecule has 0 aliphatic carbocycles. The van der Waals surface area contributed by atoms with Crippen LogP contribution in [-0.2, 0) is 0 Å². The number of hydrogen-bond acceptors (Lipinski definition) is 3. The molecular weight excluding hydrogens is 282 g/mol. The van der Waals surface area contributed by atoms with Crippen molar-refractivity contribution in [2.75, 3.05) is 5.32 Å². The smallest absolute Gasteiger partial charge is 0.257 e. The second-order valence-corrected chi connectivity index (χ2v) is 4.30. The van der Waals surface area contributed by atoms with Crippen LogP contribution in [0.3, 0.4) is 0 Å². The van der Waals surface area contributed by atoms with Gasteiger partial charge < -0.3 is 5.32 Å². The maximum absolute atomic E-state index is 12.0. The highest BCUT2D eigenvalue weighted by atomic mass is 79.9. The van der Waals surface area contributed by atoms with Gasteiger partial charge in [-0.25, -0.2) is 0 Å². The molecule has 2 rings (SSSR count). The van der Waals surface area contributed by atoms with E-state index in [1.807, 2.05) is 0 Å². The van der Waals surface area contributed by atoms with Crippen LogP contribution in [0.4, 0.5) is 5.69 Å². The highest BCUT2D eigenvalue weighted by Crippen LogP contribution is 2.20.